The lowest BCUT2D eigenvalue weighted by Gasteiger charge is -2.37. The van der Waals surface area contributed by atoms with Gasteiger partial charge in [0.25, 0.3) is 5.91 Å². The summed E-state index contributed by atoms with van der Waals surface area (Å²) in [7, 11) is 0. The molecule has 0 saturated carbocycles. The predicted molar refractivity (Wildman–Crippen MR) is 187 cm³/mol. The summed E-state index contributed by atoms with van der Waals surface area (Å²) in [4.78, 5) is 60.4. The van der Waals surface area contributed by atoms with Gasteiger partial charge in [-0.1, -0.05) is 60.7 Å². The normalized spacial score (nSPS) is 14.5. The van der Waals surface area contributed by atoms with Crippen molar-refractivity contribution in [3.05, 3.63) is 114 Å². The van der Waals surface area contributed by atoms with Crippen molar-refractivity contribution in [2.45, 2.75) is 45.0 Å². The van der Waals surface area contributed by atoms with Gasteiger partial charge in [-0.25, -0.2) is 4.98 Å². The number of aromatic nitrogens is 2. The molecule has 1 aromatic heterocycles. The van der Waals surface area contributed by atoms with Crippen molar-refractivity contribution in [1.29, 1.82) is 0 Å². The number of hydrogen-bond donors (Lipinski definition) is 3. The van der Waals surface area contributed by atoms with Crippen molar-refractivity contribution in [3.63, 3.8) is 0 Å². The van der Waals surface area contributed by atoms with Crippen molar-refractivity contribution >= 4 is 35.0 Å². The van der Waals surface area contributed by atoms with Crippen LogP contribution in [-0.4, -0.2) is 82.3 Å². The van der Waals surface area contributed by atoms with Gasteiger partial charge in [0.15, 0.2) is 11.6 Å². The molecule has 3 amide bonds. The summed E-state index contributed by atoms with van der Waals surface area (Å²) in [6, 6.07) is 24.6. The number of carbonyl (C=O) groups is 4. The summed E-state index contributed by atoms with van der Waals surface area (Å²) < 4.78 is 7.48. The molecule has 1 aliphatic rings. The first kappa shape index (κ1) is 35.0. The number of benzene rings is 3. The van der Waals surface area contributed by atoms with Gasteiger partial charge in [-0.2, -0.15) is 0 Å². The number of hydrogen-bond acceptors (Lipinski definition) is 8. The van der Waals surface area contributed by atoms with Gasteiger partial charge in [0, 0.05) is 43.6 Å². The molecule has 1 aliphatic heterocycles. The molecular weight excluding hydrogens is 622 g/mol. The van der Waals surface area contributed by atoms with Crippen LogP contribution in [0.25, 0.3) is 0 Å². The molecule has 1 fully saturated rings. The van der Waals surface area contributed by atoms with Crippen LogP contribution in [0.4, 0.5) is 11.5 Å². The lowest BCUT2D eigenvalue weighted by atomic mass is 10.0. The van der Waals surface area contributed by atoms with Gasteiger partial charge in [0.05, 0.1) is 25.1 Å². The molecular formula is C37H43N7O5. The number of amides is 3. The first-order valence-corrected chi connectivity index (χ1v) is 16.2. The maximum Gasteiger partial charge on any atom is 0.250 e. The summed E-state index contributed by atoms with van der Waals surface area (Å²) >= 11 is 0. The number of carbonyl (C=O) groups excluding carboxylic acids is 4. The van der Waals surface area contributed by atoms with E-state index in [1.165, 1.54) is 6.33 Å². The number of ketones is 1. The molecule has 0 bridgehead atoms. The Morgan fingerprint density at radius 3 is 2.14 bits per heavy atom. The summed E-state index contributed by atoms with van der Waals surface area (Å²) in [6.07, 6.45) is 3.12. The molecule has 12 nitrogen and oxygen atoms in total. The zero-order valence-electron chi connectivity index (χ0n) is 28.0. The number of Topliss-reactive ketones (excluding diaryl/α,β-unsaturated/α-hetero) is 1. The third-order valence-electron chi connectivity index (χ3n) is 8.33. The number of nitrogens with zero attached hydrogens (tertiary/aromatic N) is 4. The van der Waals surface area contributed by atoms with Crippen LogP contribution in [0.15, 0.2) is 97.5 Å². The third-order valence-corrected chi connectivity index (χ3v) is 8.33. The van der Waals surface area contributed by atoms with Crippen LogP contribution in [0.1, 0.15) is 48.3 Å². The minimum Gasteiger partial charge on any atom is -0.374 e. The molecule has 1 saturated heterocycles. The molecule has 0 aliphatic carbocycles. The minimum atomic E-state index is -1.21. The highest BCUT2D eigenvalue weighted by Crippen LogP contribution is 2.25. The van der Waals surface area contributed by atoms with E-state index in [1.807, 2.05) is 89.8 Å². The van der Waals surface area contributed by atoms with Crippen LogP contribution < -0.4 is 21.3 Å². The van der Waals surface area contributed by atoms with Crippen LogP contribution in [0, 0.1) is 0 Å². The Balaban J connectivity index is 1.28. The average molecular weight is 666 g/mol. The number of ether oxygens (including phenoxy) is 1. The van der Waals surface area contributed by atoms with Gasteiger partial charge in [0.1, 0.15) is 12.1 Å². The van der Waals surface area contributed by atoms with Gasteiger partial charge in [-0.3, -0.25) is 19.2 Å². The monoisotopic (exact) mass is 665 g/mol. The van der Waals surface area contributed by atoms with E-state index in [0.717, 1.165) is 16.8 Å². The molecule has 0 spiro atoms. The number of nitrogens with one attached hydrogen (secondary N) is 2. The lowest BCUT2D eigenvalue weighted by molar-refractivity contribution is -0.133. The molecule has 4 N–H and O–H groups in total. The summed E-state index contributed by atoms with van der Waals surface area (Å²) in [5, 5.41) is 5.46. The Bertz CT molecular complexity index is 1730. The Hall–Kier alpha value is -5.33. The van der Waals surface area contributed by atoms with Gasteiger partial charge in [0.2, 0.25) is 11.8 Å². The molecule has 256 valence electrons. The van der Waals surface area contributed by atoms with Crippen molar-refractivity contribution in [3.8, 4) is 0 Å². The van der Waals surface area contributed by atoms with Crippen LogP contribution in [-0.2, 0) is 25.7 Å². The summed E-state index contributed by atoms with van der Waals surface area (Å²) in [5.41, 5.74) is 8.13. The zero-order chi connectivity index (χ0) is 35.0. The van der Waals surface area contributed by atoms with E-state index < -0.39 is 29.4 Å². The maximum atomic E-state index is 14.1. The van der Waals surface area contributed by atoms with E-state index in [9.17, 15) is 19.2 Å². The first-order chi connectivity index (χ1) is 23.5. The van der Waals surface area contributed by atoms with Crippen LogP contribution in [0.3, 0.4) is 0 Å². The lowest BCUT2D eigenvalue weighted by Crippen LogP contribution is -2.56. The molecule has 3 aromatic carbocycles. The van der Waals surface area contributed by atoms with Crippen molar-refractivity contribution in [2.24, 2.45) is 5.73 Å². The molecule has 49 heavy (non-hydrogen) atoms. The number of nitrogens with two attached hydrogens (primary N) is 1. The largest absolute Gasteiger partial charge is 0.374 e. The van der Waals surface area contributed by atoms with E-state index in [4.69, 9.17) is 10.5 Å². The van der Waals surface area contributed by atoms with Crippen LogP contribution >= 0.6 is 0 Å². The number of rotatable bonds is 13. The van der Waals surface area contributed by atoms with Crippen LogP contribution in [0.2, 0.25) is 0 Å². The van der Waals surface area contributed by atoms with E-state index in [-0.39, 0.29) is 30.7 Å². The number of anilines is 2. The van der Waals surface area contributed by atoms with Crippen molar-refractivity contribution < 1.29 is 23.9 Å². The fraction of sp³-hybridized carbons (Fsp3) is 0.324. The zero-order valence-corrected chi connectivity index (χ0v) is 28.0. The van der Waals surface area contributed by atoms with Gasteiger partial charge >= 0.3 is 0 Å². The molecule has 2 atom stereocenters. The molecule has 2 unspecified atom stereocenters. The van der Waals surface area contributed by atoms with E-state index in [1.54, 1.807) is 31.5 Å². The number of imidazole rings is 1. The molecule has 5 rings (SSSR count). The van der Waals surface area contributed by atoms with Crippen molar-refractivity contribution in [2.75, 3.05) is 43.0 Å². The van der Waals surface area contributed by atoms with E-state index >= 15 is 0 Å². The molecule has 12 heteroatoms. The summed E-state index contributed by atoms with van der Waals surface area (Å²) in [5.74, 6) is -0.911. The second-order valence-corrected chi connectivity index (χ2v) is 12.7. The Morgan fingerprint density at radius 1 is 0.898 bits per heavy atom. The minimum absolute atomic E-state index is 0.0196. The Morgan fingerprint density at radius 2 is 1.53 bits per heavy atom. The number of piperazine rings is 1. The predicted octanol–water partition coefficient (Wildman–Crippen LogP) is 3.40. The fourth-order valence-electron chi connectivity index (χ4n) is 5.49. The standard InChI is InChI=1S/C37H43N7O5/c1-26(45)28-14-16-30(17-15-28)42-18-20-43(21-19-42)35(47)33(29-12-8-5-9-13-29)44-22-32(39-25-44)41-34(46)31(40-36(48)37(2,3)38)24-49-23-27-10-6-4-7-11-27/h4-17,22,25,31,33H,18-21,23-24,38H2,1-3H3,(H,40,48)(H,41,46). The van der Waals surface area contributed by atoms with Gasteiger partial charge < -0.3 is 35.5 Å². The van der Waals surface area contributed by atoms with E-state index in [2.05, 4.69) is 20.5 Å². The van der Waals surface area contributed by atoms with E-state index in [0.29, 0.717) is 31.7 Å². The van der Waals surface area contributed by atoms with Gasteiger partial charge in [-0.15, -0.1) is 0 Å². The second kappa shape index (κ2) is 15.7. The summed E-state index contributed by atoms with van der Waals surface area (Å²) in [6.45, 7) is 7.10. The third kappa shape index (κ3) is 9.18. The van der Waals surface area contributed by atoms with Gasteiger partial charge in [-0.05, 0) is 56.2 Å². The maximum absolute atomic E-state index is 14.1. The highest BCUT2D eigenvalue weighted by molar-refractivity contribution is 5.98. The topological polar surface area (TPSA) is 152 Å². The quantitative estimate of drug-likeness (QED) is 0.184. The second-order valence-electron chi connectivity index (χ2n) is 12.7. The molecule has 0 radical (unpaired) electrons. The fourth-order valence-corrected chi connectivity index (χ4v) is 5.49. The first-order valence-electron chi connectivity index (χ1n) is 16.2. The molecule has 2 heterocycles. The van der Waals surface area contributed by atoms with Crippen LogP contribution in [0.5, 0.6) is 0 Å². The molecule has 4 aromatic rings. The SMILES string of the molecule is CC(=O)c1ccc(N2CCN(C(=O)C(c3ccccc3)n3cnc(NC(=O)C(COCc4ccccc4)NC(=O)C(C)(C)N)c3)CC2)cc1. The highest BCUT2D eigenvalue weighted by atomic mass is 16.5. The highest BCUT2D eigenvalue weighted by Gasteiger charge is 2.32. The smallest absolute Gasteiger partial charge is 0.250 e. The average Bonchev–Trinajstić information content (AvgIpc) is 3.56. The Kier molecular flexibility index (Phi) is 11.2. The Labute approximate surface area is 286 Å². The van der Waals surface area contributed by atoms with Crippen molar-refractivity contribution in [1.82, 2.24) is 19.8 Å².